The molecule has 0 spiro atoms. The minimum atomic E-state index is -0.109. The van der Waals surface area contributed by atoms with Crippen molar-refractivity contribution in [1.29, 1.82) is 0 Å². The molecule has 24 heavy (non-hydrogen) atoms. The molecule has 0 saturated carbocycles. The van der Waals surface area contributed by atoms with Crippen LogP contribution in [0.2, 0.25) is 10.0 Å². The molecule has 0 aliphatic rings. The molecule has 4 nitrogen and oxygen atoms in total. The number of benzene rings is 1. The molecule has 2 amide bonds. The molecule has 0 aliphatic carbocycles. The van der Waals surface area contributed by atoms with Crippen molar-refractivity contribution in [3.63, 3.8) is 0 Å². The lowest BCUT2D eigenvalue weighted by Gasteiger charge is -2.18. The highest BCUT2D eigenvalue weighted by atomic mass is 35.5. The van der Waals surface area contributed by atoms with Gasteiger partial charge in [0.15, 0.2) is 0 Å². The van der Waals surface area contributed by atoms with Crippen molar-refractivity contribution in [2.45, 2.75) is 19.4 Å². The van der Waals surface area contributed by atoms with Crippen molar-refractivity contribution in [3.05, 3.63) is 56.2 Å². The number of carbonyl (C=O) groups excluding carboxylic acids is 2. The summed E-state index contributed by atoms with van der Waals surface area (Å²) in [7, 11) is 1.73. The number of halogens is 2. The highest BCUT2D eigenvalue weighted by Crippen LogP contribution is 2.26. The monoisotopic (exact) mass is 384 g/mol. The summed E-state index contributed by atoms with van der Waals surface area (Å²) in [5.41, 5.74) is 1.46. The Kier molecular flexibility index (Phi) is 7.09. The fourth-order valence-corrected chi connectivity index (χ4v) is 3.16. The molecule has 7 heteroatoms. The molecule has 0 unspecified atom stereocenters. The lowest BCUT2D eigenvalue weighted by molar-refractivity contribution is -0.130. The summed E-state index contributed by atoms with van der Waals surface area (Å²) in [6.45, 7) is 0.867. The number of hydrogen-bond donors (Lipinski definition) is 1. The minimum Gasteiger partial charge on any atom is -0.352 e. The van der Waals surface area contributed by atoms with E-state index in [0.717, 1.165) is 5.56 Å². The fraction of sp³-hybridized carbons (Fsp3) is 0.294. The van der Waals surface area contributed by atoms with Gasteiger partial charge in [0, 0.05) is 37.5 Å². The second-order valence-corrected chi connectivity index (χ2v) is 6.90. The molecule has 1 aromatic heterocycles. The molecule has 0 bridgehead atoms. The van der Waals surface area contributed by atoms with E-state index >= 15 is 0 Å². The number of nitrogens with one attached hydrogen (secondary N) is 1. The van der Waals surface area contributed by atoms with Gasteiger partial charge in [0.2, 0.25) is 5.91 Å². The van der Waals surface area contributed by atoms with Crippen molar-refractivity contribution in [2.75, 3.05) is 13.6 Å². The van der Waals surface area contributed by atoms with Gasteiger partial charge in [-0.15, -0.1) is 0 Å². The Labute approximate surface area is 155 Å². The van der Waals surface area contributed by atoms with Crippen molar-refractivity contribution < 1.29 is 9.59 Å². The third-order valence-electron chi connectivity index (χ3n) is 3.50. The van der Waals surface area contributed by atoms with Crippen LogP contribution in [0.1, 0.15) is 28.8 Å². The van der Waals surface area contributed by atoms with Crippen LogP contribution in [0.5, 0.6) is 0 Å². The Balaban J connectivity index is 1.74. The molecule has 1 aromatic carbocycles. The van der Waals surface area contributed by atoms with Gasteiger partial charge < -0.3 is 10.2 Å². The van der Waals surface area contributed by atoms with Crippen molar-refractivity contribution in [2.24, 2.45) is 0 Å². The maximum Gasteiger partial charge on any atom is 0.252 e. The first-order chi connectivity index (χ1) is 11.5. The van der Waals surface area contributed by atoms with Crippen LogP contribution in [-0.2, 0) is 11.3 Å². The number of rotatable bonds is 7. The molecule has 1 N–H and O–H groups in total. The minimum absolute atomic E-state index is 0.00387. The Morgan fingerprint density at radius 1 is 1.25 bits per heavy atom. The van der Waals surface area contributed by atoms with E-state index < -0.39 is 0 Å². The zero-order valence-electron chi connectivity index (χ0n) is 13.2. The van der Waals surface area contributed by atoms with Gasteiger partial charge >= 0.3 is 0 Å². The fourth-order valence-electron chi connectivity index (χ4n) is 2.14. The van der Waals surface area contributed by atoms with E-state index in [1.54, 1.807) is 29.5 Å². The number of carbonyl (C=O) groups is 2. The van der Waals surface area contributed by atoms with E-state index in [1.165, 1.54) is 11.3 Å². The van der Waals surface area contributed by atoms with Crippen LogP contribution in [0.4, 0.5) is 0 Å². The lowest BCUT2D eigenvalue weighted by Crippen LogP contribution is -2.28. The second kappa shape index (κ2) is 9.06. The summed E-state index contributed by atoms with van der Waals surface area (Å²) in [5.74, 6) is -0.112. The predicted molar refractivity (Wildman–Crippen MR) is 98.8 cm³/mol. The molecular weight excluding hydrogens is 367 g/mol. The molecule has 0 saturated heterocycles. The van der Waals surface area contributed by atoms with E-state index in [1.807, 2.05) is 17.5 Å². The van der Waals surface area contributed by atoms with Gasteiger partial charge in [-0.25, -0.2) is 0 Å². The van der Waals surface area contributed by atoms with Gasteiger partial charge in [0.05, 0.1) is 10.0 Å². The van der Waals surface area contributed by atoms with E-state index in [2.05, 4.69) is 5.32 Å². The summed E-state index contributed by atoms with van der Waals surface area (Å²) in [6, 6.07) is 7.14. The maximum absolute atomic E-state index is 12.2. The zero-order chi connectivity index (χ0) is 17.5. The van der Waals surface area contributed by atoms with Crippen LogP contribution in [-0.4, -0.2) is 30.3 Å². The summed E-state index contributed by atoms with van der Waals surface area (Å²) in [4.78, 5) is 25.5. The first kappa shape index (κ1) is 18.8. The van der Waals surface area contributed by atoms with E-state index in [9.17, 15) is 9.59 Å². The average Bonchev–Trinajstić information content (AvgIpc) is 3.10. The first-order valence-corrected chi connectivity index (χ1v) is 9.16. The first-order valence-electron chi connectivity index (χ1n) is 7.46. The third kappa shape index (κ3) is 5.23. The maximum atomic E-state index is 12.2. The lowest BCUT2D eigenvalue weighted by atomic mass is 10.2. The van der Waals surface area contributed by atoms with E-state index in [4.69, 9.17) is 23.2 Å². The van der Waals surface area contributed by atoms with Gasteiger partial charge in [-0.3, -0.25) is 9.59 Å². The smallest absolute Gasteiger partial charge is 0.252 e. The molecule has 1 heterocycles. The van der Waals surface area contributed by atoms with Gasteiger partial charge in [0.25, 0.3) is 5.91 Å². The Morgan fingerprint density at radius 3 is 2.75 bits per heavy atom. The van der Waals surface area contributed by atoms with Crippen molar-refractivity contribution in [3.8, 4) is 0 Å². The normalized spacial score (nSPS) is 10.5. The number of thiophene rings is 1. The molecule has 0 aliphatic heterocycles. The third-order valence-corrected chi connectivity index (χ3v) is 5.04. The van der Waals surface area contributed by atoms with Crippen LogP contribution in [0.25, 0.3) is 0 Å². The van der Waals surface area contributed by atoms with Crippen LogP contribution in [0.15, 0.2) is 35.0 Å². The summed E-state index contributed by atoms with van der Waals surface area (Å²) in [6.07, 6.45) is 0.945. The molecule has 2 aromatic rings. The SMILES string of the molecule is CN(Cc1cccc(Cl)c1Cl)C(=O)CCCNC(=O)c1ccsc1. The molecular formula is C17H18Cl2N2O2S. The number of hydrogen-bond acceptors (Lipinski definition) is 3. The predicted octanol–water partition coefficient (Wildman–Crippen LogP) is 4.22. The van der Waals surface area contributed by atoms with Gasteiger partial charge in [-0.05, 0) is 29.5 Å². The number of amides is 2. The van der Waals surface area contributed by atoms with Crippen LogP contribution in [0.3, 0.4) is 0 Å². The largest absolute Gasteiger partial charge is 0.352 e. The Bertz CT molecular complexity index is 705. The van der Waals surface area contributed by atoms with E-state index in [-0.39, 0.29) is 11.8 Å². The highest BCUT2D eigenvalue weighted by molar-refractivity contribution is 7.08. The number of nitrogens with zero attached hydrogens (tertiary/aromatic N) is 1. The van der Waals surface area contributed by atoms with Gasteiger partial charge in [0.1, 0.15) is 0 Å². The Hall–Kier alpha value is -1.56. The van der Waals surface area contributed by atoms with E-state index in [0.29, 0.717) is 41.5 Å². The van der Waals surface area contributed by atoms with Gasteiger partial charge in [-0.2, -0.15) is 11.3 Å². The zero-order valence-corrected chi connectivity index (χ0v) is 15.5. The molecule has 0 fully saturated rings. The standard InChI is InChI=1S/C17H18Cl2N2O2S/c1-21(10-12-4-2-5-14(18)16(12)19)15(22)6-3-8-20-17(23)13-7-9-24-11-13/h2,4-5,7,9,11H,3,6,8,10H2,1H3,(H,20,23). The van der Waals surface area contributed by atoms with Crippen LogP contribution in [0, 0.1) is 0 Å². The quantitative estimate of drug-likeness (QED) is 0.726. The topological polar surface area (TPSA) is 49.4 Å². The van der Waals surface area contributed by atoms with Gasteiger partial charge in [-0.1, -0.05) is 35.3 Å². The molecule has 0 atom stereocenters. The average molecular weight is 385 g/mol. The molecule has 2 rings (SSSR count). The molecule has 0 radical (unpaired) electrons. The second-order valence-electron chi connectivity index (χ2n) is 5.33. The summed E-state index contributed by atoms with van der Waals surface area (Å²) < 4.78 is 0. The van der Waals surface area contributed by atoms with Crippen LogP contribution < -0.4 is 5.32 Å². The summed E-state index contributed by atoms with van der Waals surface area (Å²) in [5, 5.41) is 7.41. The van der Waals surface area contributed by atoms with Crippen molar-refractivity contribution in [1.82, 2.24) is 10.2 Å². The van der Waals surface area contributed by atoms with Crippen molar-refractivity contribution >= 4 is 46.4 Å². The summed E-state index contributed by atoms with van der Waals surface area (Å²) >= 11 is 13.6. The highest BCUT2D eigenvalue weighted by Gasteiger charge is 2.12. The van der Waals surface area contributed by atoms with Crippen LogP contribution >= 0.6 is 34.5 Å². The Morgan fingerprint density at radius 2 is 2.04 bits per heavy atom. The molecule has 128 valence electrons.